The Morgan fingerprint density at radius 3 is 2.22 bits per heavy atom. The van der Waals surface area contributed by atoms with E-state index in [4.69, 9.17) is 9.47 Å². The number of benzene rings is 2. The maximum absolute atomic E-state index is 13.2. The van der Waals surface area contributed by atoms with Crippen LogP contribution in [0.3, 0.4) is 0 Å². The van der Waals surface area contributed by atoms with Crippen molar-refractivity contribution in [3.8, 4) is 11.5 Å². The highest BCUT2D eigenvalue weighted by Gasteiger charge is 2.34. The topological polar surface area (TPSA) is 72.9 Å². The Bertz CT molecular complexity index is 967. The van der Waals surface area contributed by atoms with E-state index >= 15 is 0 Å². The lowest BCUT2D eigenvalue weighted by molar-refractivity contribution is 0.101. The zero-order valence-electron chi connectivity index (χ0n) is 15.9. The first-order valence-corrected chi connectivity index (χ1v) is 10.1. The van der Waals surface area contributed by atoms with Gasteiger partial charge in [-0.05, 0) is 55.7 Å². The minimum atomic E-state index is -3.68. The minimum absolute atomic E-state index is 0.0970. The maximum Gasteiger partial charge on any atom is 0.243 e. The number of Topliss-reactive ketones (excluding diaryl/α,β-unsaturated/α-hetero) is 1. The largest absolute Gasteiger partial charge is 0.493 e. The van der Waals surface area contributed by atoms with Gasteiger partial charge < -0.3 is 9.47 Å². The van der Waals surface area contributed by atoms with Gasteiger partial charge in [-0.1, -0.05) is 12.1 Å². The Kier molecular flexibility index (Phi) is 5.26. The average Bonchev–Trinajstić information content (AvgIpc) is 2.67. The number of sulfonamides is 1. The fourth-order valence-corrected chi connectivity index (χ4v) is 5.06. The Balaban J connectivity index is 1.98. The van der Waals surface area contributed by atoms with E-state index in [2.05, 4.69) is 0 Å². The second-order valence-electron chi connectivity index (χ2n) is 6.53. The van der Waals surface area contributed by atoms with E-state index < -0.39 is 10.0 Å². The second-order valence-corrected chi connectivity index (χ2v) is 8.42. The molecule has 1 aliphatic heterocycles. The van der Waals surface area contributed by atoms with Crippen LogP contribution in [-0.4, -0.2) is 39.3 Å². The predicted molar refractivity (Wildman–Crippen MR) is 102 cm³/mol. The molecule has 6 nitrogen and oxygen atoms in total. The molecule has 0 bridgehead atoms. The van der Waals surface area contributed by atoms with Crippen LogP contribution in [0.25, 0.3) is 0 Å². The third-order valence-corrected chi connectivity index (χ3v) is 6.98. The monoisotopic (exact) mass is 389 g/mol. The molecule has 27 heavy (non-hydrogen) atoms. The lowest BCUT2D eigenvalue weighted by atomic mass is 9.94. The highest BCUT2D eigenvalue weighted by Crippen LogP contribution is 2.39. The van der Waals surface area contributed by atoms with Crippen LogP contribution in [0.15, 0.2) is 41.3 Å². The van der Waals surface area contributed by atoms with Crippen LogP contribution in [0, 0.1) is 0 Å². The smallest absolute Gasteiger partial charge is 0.243 e. The molecule has 0 saturated heterocycles. The SMILES string of the molecule is COc1cc2c(cc1OC)[C@H](C)N(S(=O)(=O)c1ccc(C(C)=O)cc1)CC2. The van der Waals surface area contributed by atoms with Crippen molar-refractivity contribution in [1.29, 1.82) is 0 Å². The van der Waals surface area contributed by atoms with Crippen LogP contribution in [0.2, 0.25) is 0 Å². The average molecular weight is 389 g/mol. The summed E-state index contributed by atoms with van der Waals surface area (Å²) >= 11 is 0. The molecule has 2 aromatic carbocycles. The molecule has 0 spiro atoms. The van der Waals surface area contributed by atoms with Crippen LogP contribution < -0.4 is 9.47 Å². The van der Waals surface area contributed by atoms with Gasteiger partial charge in [0.25, 0.3) is 0 Å². The number of carbonyl (C=O) groups is 1. The lowest BCUT2D eigenvalue weighted by Crippen LogP contribution is -2.38. The Morgan fingerprint density at radius 1 is 1.07 bits per heavy atom. The Labute approximate surface area is 159 Å². The first-order valence-electron chi connectivity index (χ1n) is 8.67. The first kappa shape index (κ1) is 19.4. The van der Waals surface area contributed by atoms with Crippen LogP contribution in [0.1, 0.15) is 41.4 Å². The van der Waals surface area contributed by atoms with Gasteiger partial charge in [-0.15, -0.1) is 0 Å². The van der Waals surface area contributed by atoms with Crippen molar-refractivity contribution in [1.82, 2.24) is 4.31 Å². The van der Waals surface area contributed by atoms with Crippen molar-refractivity contribution in [3.05, 3.63) is 53.1 Å². The van der Waals surface area contributed by atoms with E-state index in [1.807, 2.05) is 19.1 Å². The van der Waals surface area contributed by atoms with E-state index in [0.29, 0.717) is 30.0 Å². The number of hydrogen-bond acceptors (Lipinski definition) is 5. The van der Waals surface area contributed by atoms with Gasteiger partial charge in [0.05, 0.1) is 19.1 Å². The highest BCUT2D eigenvalue weighted by atomic mass is 32.2. The van der Waals surface area contributed by atoms with Crippen LogP contribution >= 0.6 is 0 Å². The fourth-order valence-electron chi connectivity index (χ4n) is 3.45. The van der Waals surface area contributed by atoms with Crippen molar-refractivity contribution in [2.45, 2.75) is 31.2 Å². The van der Waals surface area contributed by atoms with Gasteiger partial charge in [0.1, 0.15) is 0 Å². The number of methoxy groups -OCH3 is 2. The van der Waals surface area contributed by atoms with E-state index in [1.165, 1.54) is 23.4 Å². The number of nitrogens with zero attached hydrogens (tertiary/aromatic N) is 1. The summed E-state index contributed by atoms with van der Waals surface area (Å²) in [5.74, 6) is 1.12. The summed E-state index contributed by atoms with van der Waals surface area (Å²) in [6, 6.07) is 9.49. The van der Waals surface area contributed by atoms with E-state index in [0.717, 1.165) is 11.1 Å². The first-order chi connectivity index (χ1) is 12.8. The van der Waals surface area contributed by atoms with Gasteiger partial charge in [0.15, 0.2) is 17.3 Å². The molecule has 0 N–H and O–H groups in total. The number of rotatable bonds is 5. The van der Waals surface area contributed by atoms with Gasteiger partial charge in [-0.3, -0.25) is 4.79 Å². The summed E-state index contributed by atoms with van der Waals surface area (Å²) in [6.45, 7) is 3.70. The van der Waals surface area contributed by atoms with Crippen molar-refractivity contribution >= 4 is 15.8 Å². The van der Waals surface area contributed by atoms with Gasteiger partial charge in [0.2, 0.25) is 10.0 Å². The molecule has 3 rings (SSSR count). The standard InChI is InChI=1S/C20H23NO5S/c1-13-18-12-20(26-4)19(25-3)11-16(18)9-10-21(13)27(23,24)17-7-5-15(6-8-17)14(2)22/h5-8,11-13H,9-10H2,1-4H3/t13-/m0/s1. The molecule has 0 fully saturated rings. The Morgan fingerprint density at radius 2 is 1.67 bits per heavy atom. The summed E-state index contributed by atoms with van der Waals surface area (Å²) in [7, 11) is -0.542. The molecule has 144 valence electrons. The zero-order chi connectivity index (χ0) is 19.8. The van der Waals surface area contributed by atoms with Crippen molar-refractivity contribution < 1.29 is 22.7 Å². The van der Waals surface area contributed by atoms with Crippen molar-refractivity contribution in [3.63, 3.8) is 0 Å². The minimum Gasteiger partial charge on any atom is -0.493 e. The van der Waals surface area contributed by atoms with E-state index in [9.17, 15) is 13.2 Å². The third kappa shape index (κ3) is 3.44. The van der Waals surface area contributed by atoms with Gasteiger partial charge in [-0.25, -0.2) is 8.42 Å². The number of hydrogen-bond donors (Lipinski definition) is 0. The predicted octanol–water partition coefficient (Wildman–Crippen LogP) is 3.21. The summed E-state index contributed by atoms with van der Waals surface area (Å²) in [4.78, 5) is 11.6. The zero-order valence-corrected chi connectivity index (χ0v) is 16.7. The number of fused-ring (bicyclic) bond motifs is 1. The Hall–Kier alpha value is -2.38. The summed E-state index contributed by atoms with van der Waals surface area (Å²) < 4.78 is 38.5. The van der Waals surface area contributed by atoms with E-state index in [1.54, 1.807) is 26.4 Å². The normalized spacial score (nSPS) is 17.3. The fraction of sp³-hybridized carbons (Fsp3) is 0.350. The molecule has 0 unspecified atom stereocenters. The molecule has 0 saturated carbocycles. The van der Waals surface area contributed by atoms with Crippen molar-refractivity contribution in [2.24, 2.45) is 0 Å². The highest BCUT2D eigenvalue weighted by molar-refractivity contribution is 7.89. The molecular weight excluding hydrogens is 366 g/mol. The molecule has 1 aliphatic rings. The molecule has 2 aromatic rings. The summed E-state index contributed by atoms with van der Waals surface area (Å²) in [6.07, 6.45) is 0.588. The quantitative estimate of drug-likeness (QED) is 0.734. The van der Waals surface area contributed by atoms with E-state index in [-0.39, 0.29) is 16.7 Å². The molecule has 0 amide bonds. The molecular formula is C20H23NO5S. The van der Waals surface area contributed by atoms with Crippen LogP contribution in [0.5, 0.6) is 11.5 Å². The molecule has 0 aliphatic carbocycles. The summed E-state index contributed by atoms with van der Waals surface area (Å²) in [5.41, 5.74) is 2.45. The molecule has 0 aromatic heterocycles. The molecule has 1 atom stereocenters. The van der Waals surface area contributed by atoms with Gasteiger partial charge >= 0.3 is 0 Å². The summed E-state index contributed by atoms with van der Waals surface area (Å²) in [5, 5.41) is 0. The van der Waals surface area contributed by atoms with Crippen LogP contribution in [-0.2, 0) is 16.4 Å². The number of ketones is 1. The molecule has 1 heterocycles. The molecule has 0 radical (unpaired) electrons. The second kappa shape index (κ2) is 7.32. The van der Waals surface area contributed by atoms with Gasteiger partial charge in [0, 0.05) is 18.2 Å². The lowest BCUT2D eigenvalue weighted by Gasteiger charge is -2.34. The number of carbonyl (C=O) groups excluding carboxylic acids is 1. The third-order valence-electron chi connectivity index (χ3n) is 5.00. The van der Waals surface area contributed by atoms with Crippen LogP contribution in [0.4, 0.5) is 0 Å². The number of ether oxygens (including phenoxy) is 2. The van der Waals surface area contributed by atoms with Crippen molar-refractivity contribution in [2.75, 3.05) is 20.8 Å². The molecule has 7 heteroatoms. The maximum atomic E-state index is 13.2. The van der Waals surface area contributed by atoms with Gasteiger partial charge in [-0.2, -0.15) is 4.31 Å².